The van der Waals surface area contributed by atoms with Gasteiger partial charge in [-0.3, -0.25) is 4.90 Å². The number of aromatic nitrogens is 1. The van der Waals surface area contributed by atoms with Crippen molar-refractivity contribution >= 4 is 0 Å². The summed E-state index contributed by atoms with van der Waals surface area (Å²) >= 11 is 0. The highest BCUT2D eigenvalue weighted by Crippen LogP contribution is 2.29. The molecule has 1 saturated heterocycles. The summed E-state index contributed by atoms with van der Waals surface area (Å²) < 4.78 is 5.72. The van der Waals surface area contributed by atoms with Gasteiger partial charge in [0.05, 0.1) is 12.2 Å². The molecule has 108 valence electrons. The van der Waals surface area contributed by atoms with Gasteiger partial charge in [0.15, 0.2) is 0 Å². The van der Waals surface area contributed by atoms with Crippen LogP contribution in [0, 0.1) is 12.8 Å². The van der Waals surface area contributed by atoms with Gasteiger partial charge in [0.25, 0.3) is 0 Å². The van der Waals surface area contributed by atoms with E-state index in [9.17, 15) is 0 Å². The highest BCUT2D eigenvalue weighted by Gasteiger charge is 2.37. The third-order valence-electron chi connectivity index (χ3n) is 4.06. The zero-order valence-corrected chi connectivity index (χ0v) is 13.0. The predicted octanol–water partition coefficient (Wildman–Crippen LogP) is 2.75. The van der Waals surface area contributed by atoms with E-state index in [0.717, 1.165) is 24.7 Å². The Kier molecular flexibility index (Phi) is 4.02. The number of hydrogen-bond acceptors (Lipinski definition) is 4. The molecule has 1 aliphatic rings. The molecule has 4 nitrogen and oxygen atoms in total. The number of hydrogen-bond donors (Lipinski definition) is 1. The van der Waals surface area contributed by atoms with Gasteiger partial charge >= 0.3 is 0 Å². The Morgan fingerprint density at radius 3 is 2.63 bits per heavy atom. The normalized spacial score (nSPS) is 25.7. The first-order valence-corrected chi connectivity index (χ1v) is 7.23. The maximum Gasteiger partial charge on any atom is 0.211 e. The van der Waals surface area contributed by atoms with E-state index in [0.29, 0.717) is 12.0 Å². The van der Waals surface area contributed by atoms with Crippen molar-refractivity contribution in [1.29, 1.82) is 0 Å². The fraction of sp³-hybridized carbons (Fsp3) is 0.800. The molecule has 19 heavy (non-hydrogen) atoms. The summed E-state index contributed by atoms with van der Waals surface area (Å²) in [4.78, 5) is 6.94. The van der Waals surface area contributed by atoms with Crippen molar-refractivity contribution in [2.75, 3.05) is 13.1 Å². The molecule has 0 saturated carbocycles. The number of nitrogens with one attached hydrogen (secondary N) is 1. The summed E-state index contributed by atoms with van der Waals surface area (Å²) in [5, 5.41) is 3.64. The van der Waals surface area contributed by atoms with Crippen LogP contribution >= 0.6 is 0 Å². The molecule has 1 aromatic heterocycles. The maximum atomic E-state index is 5.72. The van der Waals surface area contributed by atoms with Crippen LogP contribution in [0.5, 0.6) is 0 Å². The van der Waals surface area contributed by atoms with Crippen LogP contribution in [0.15, 0.2) is 10.6 Å². The predicted molar refractivity (Wildman–Crippen MR) is 77.1 cm³/mol. The van der Waals surface area contributed by atoms with Crippen molar-refractivity contribution in [2.24, 2.45) is 5.92 Å². The maximum absolute atomic E-state index is 5.72. The molecule has 2 heterocycles. The molecule has 1 fully saturated rings. The number of piperazine rings is 1. The number of rotatable bonds is 3. The molecule has 0 bridgehead atoms. The molecule has 0 amide bonds. The van der Waals surface area contributed by atoms with E-state index in [1.807, 2.05) is 13.1 Å². The van der Waals surface area contributed by atoms with E-state index in [-0.39, 0.29) is 11.6 Å². The van der Waals surface area contributed by atoms with Crippen LogP contribution in [0.25, 0.3) is 0 Å². The molecule has 1 aliphatic heterocycles. The molecule has 0 aromatic carbocycles. The second-order valence-corrected chi connectivity index (χ2v) is 6.73. The van der Waals surface area contributed by atoms with Gasteiger partial charge in [-0.25, -0.2) is 4.98 Å². The molecule has 2 unspecified atom stereocenters. The second-order valence-electron chi connectivity index (χ2n) is 6.73. The van der Waals surface area contributed by atoms with Crippen molar-refractivity contribution < 1.29 is 4.42 Å². The average Bonchev–Trinajstić information content (AvgIpc) is 2.73. The smallest absolute Gasteiger partial charge is 0.211 e. The van der Waals surface area contributed by atoms with Crippen molar-refractivity contribution in [2.45, 2.75) is 59.2 Å². The first kappa shape index (κ1) is 14.5. The van der Waals surface area contributed by atoms with Gasteiger partial charge in [-0.05, 0) is 33.6 Å². The topological polar surface area (TPSA) is 41.3 Å². The molecule has 0 radical (unpaired) electrons. The fourth-order valence-electron chi connectivity index (χ4n) is 2.88. The Morgan fingerprint density at radius 2 is 2.11 bits per heavy atom. The van der Waals surface area contributed by atoms with E-state index in [2.05, 4.69) is 49.8 Å². The van der Waals surface area contributed by atoms with Crippen molar-refractivity contribution in [3.8, 4) is 0 Å². The quantitative estimate of drug-likeness (QED) is 0.912. The van der Waals surface area contributed by atoms with Gasteiger partial charge in [0.1, 0.15) is 5.76 Å². The van der Waals surface area contributed by atoms with Crippen LogP contribution < -0.4 is 5.32 Å². The molecule has 2 rings (SSSR count). The number of nitrogens with zero attached hydrogens (tertiary/aromatic N) is 2. The van der Waals surface area contributed by atoms with Crippen LogP contribution in [-0.2, 0) is 0 Å². The molecular formula is C15H27N3O. The van der Waals surface area contributed by atoms with E-state index < -0.39 is 0 Å². The minimum Gasteiger partial charge on any atom is -0.444 e. The highest BCUT2D eigenvalue weighted by atomic mass is 16.4. The minimum atomic E-state index is 0.140. The van der Waals surface area contributed by atoms with Gasteiger partial charge in [-0.2, -0.15) is 0 Å². The lowest BCUT2D eigenvalue weighted by atomic mass is 9.91. The van der Waals surface area contributed by atoms with E-state index in [1.165, 1.54) is 0 Å². The van der Waals surface area contributed by atoms with Crippen molar-refractivity contribution in [1.82, 2.24) is 15.2 Å². The summed E-state index contributed by atoms with van der Waals surface area (Å²) in [6.45, 7) is 15.3. The zero-order chi connectivity index (χ0) is 14.2. The molecule has 4 heteroatoms. The Labute approximate surface area is 116 Å². The zero-order valence-electron chi connectivity index (χ0n) is 13.0. The summed E-state index contributed by atoms with van der Waals surface area (Å²) in [6, 6.07) is 0.748. The van der Waals surface area contributed by atoms with E-state index in [4.69, 9.17) is 4.42 Å². The van der Waals surface area contributed by atoms with Crippen LogP contribution in [0.3, 0.4) is 0 Å². The SMILES string of the molecule is Cc1cnc(C(C)N2CC(C)(C)NCC2C(C)C)o1. The van der Waals surface area contributed by atoms with Gasteiger partial charge in [0.2, 0.25) is 5.89 Å². The summed E-state index contributed by atoms with van der Waals surface area (Å²) in [5.74, 6) is 2.33. The summed E-state index contributed by atoms with van der Waals surface area (Å²) in [7, 11) is 0. The largest absolute Gasteiger partial charge is 0.444 e. The molecular weight excluding hydrogens is 238 g/mol. The molecule has 2 atom stereocenters. The van der Waals surface area contributed by atoms with Crippen molar-refractivity contribution in [3.05, 3.63) is 17.8 Å². The fourth-order valence-corrected chi connectivity index (χ4v) is 2.88. The van der Waals surface area contributed by atoms with Gasteiger partial charge < -0.3 is 9.73 Å². The molecule has 1 aromatic rings. The third kappa shape index (κ3) is 3.18. The molecule has 0 aliphatic carbocycles. The Bertz CT molecular complexity index is 425. The van der Waals surface area contributed by atoms with Gasteiger partial charge in [-0.15, -0.1) is 0 Å². The van der Waals surface area contributed by atoms with Gasteiger partial charge in [-0.1, -0.05) is 13.8 Å². The van der Waals surface area contributed by atoms with Crippen LogP contribution in [0.4, 0.5) is 0 Å². The molecule has 0 spiro atoms. The van der Waals surface area contributed by atoms with Gasteiger partial charge in [0, 0.05) is 24.7 Å². The highest BCUT2D eigenvalue weighted by molar-refractivity contribution is 5.01. The minimum absolute atomic E-state index is 0.140. The Balaban J connectivity index is 2.21. The van der Waals surface area contributed by atoms with Crippen molar-refractivity contribution in [3.63, 3.8) is 0 Å². The monoisotopic (exact) mass is 265 g/mol. The van der Waals surface area contributed by atoms with E-state index in [1.54, 1.807) is 0 Å². The van der Waals surface area contributed by atoms with Crippen LogP contribution in [-0.4, -0.2) is 34.6 Å². The first-order chi connectivity index (χ1) is 8.80. The third-order valence-corrected chi connectivity index (χ3v) is 4.06. The lowest BCUT2D eigenvalue weighted by molar-refractivity contribution is 0.0277. The standard InChI is InChI=1S/C15H27N3O/c1-10(2)13-8-17-15(5,6)9-18(13)12(4)14-16-7-11(3)19-14/h7,10,12-13,17H,8-9H2,1-6H3. The number of oxazole rings is 1. The second kappa shape index (κ2) is 5.25. The lowest BCUT2D eigenvalue weighted by Gasteiger charge is -2.48. The lowest BCUT2D eigenvalue weighted by Crippen LogP contribution is -2.63. The van der Waals surface area contributed by atoms with E-state index >= 15 is 0 Å². The Morgan fingerprint density at radius 1 is 1.42 bits per heavy atom. The first-order valence-electron chi connectivity index (χ1n) is 7.23. The Hall–Kier alpha value is -0.870. The van der Waals surface area contributed by atoms with Crippen LogP contribution in [0.1, 0.15) is 52.3 Å². The number of aryl methyl sites for hydroxylation is 1. The summed E-state index contributed by atoms with van der Waals surface area (Å²) in [6.07, 6.45) is 1.81. The van der Waals surface area contributed by atoms with Crippen LogP contribution in [0.2, 0.25) is 0 Å². The summed E-state index contributed by atoms with van der Waals surface area (Å²) in [5.41, 5.74) is 0.140. The average molecular weight is 265 g/mol. The molecule has 1 N–H and O–H groups in total.